The van der Waals surface area contributed by atoms with Gasteiger partial charge in [-0.3, -0.25) is 0 Å². The van der Waals surface area contributed by atoms with Crippen LogP contribution >= 0.6 is 39.9 Å². The number of halogens is 3. The summed E-state index contributed by atoms with van der Waals surface area (Å²) in [6.07, 6.45) is 0. The SMILES string of the molecule is Br.COc1ccc(-c2csc(Nc3cc(OC)c(Cl)cc3OC)n2)cc1F. The molecule has 0 unspecified atom stereocenters. The van der Waals surface area contributed by atoms with E-state index in [9.17, 15) is 4.39 Å². The highest BCUT2D eigenvalue weighted by molar-refractivity contribution is 8.93. The molecule has 0 saturated heterocycles. The van der Waals surface area contributed by atoms with Crippen molar-refractivity contribution in [1.29, 1.82) is 0 Å². The number of benzene rings is 2. The van der Waals surface area contributed by atoms with Crippen molar-refractivity contribution in [1.82, 2.24) is 4.98 Å². The van der Waals surface area contributed by atoms with Crippen molar-refractivity contribution in [3.8, 4) is 28.5 Å². The third-order valence-corrected chi connectivity index (χ3v) is 4.72. The lowest BCUT2D eigenvalue weighted by molar-refractivity contribution is 0.386. The van der Waals surface area contributed by atoms with Crippen molar-refractivity contribution >= 4 is 50.7 Å². The standard InChI is InChI=1S/C18H16ClFN2O3S.BrH/c1-23-15-5-4-10(6-12(15)20)14-9-26-18(22-14)21-13-8-16(24-2)11(19)7-17(13)25-3;/h4-9H,1-3H3,(H,21,22);1H. The Morgan fingerprint density at radius 1 is 1.00 bits per heavy atom. The summed E-state index contributed by atoms with van der Waals surface area (Å²) < 4.78 is 29.4. The monoisotopic (exact) mass is 474 g/mol. The van der Waals surface area contributed by atoms with Gasteiger partial charge in [0.05, 0.1) is 37.7 Å². The molecule has 2 aromatic carbocycles. The van der Waals surface area contributed by atoms with Gasteiger partial charge in [-0.05, 0) is 18.2 Å². The second-order valence-corrected chi connectivity index (χ2v) is 6.46. The molecule has 0 amide bonds. The molecule has 1 aromatic heterocycles. The van der Waals surface area contributed by atoms with Crippen LogP contribution in [-0.4, -0.2) is 26.3 Å². The molecule has 9 heteroatoms. The molecule has 0 atom stereocenters. The Balaban J connectivity index is 0.00000261. The second kappa shape index (κ2) is 9.25. The van der Waals surface area contributed by atoms with Crippen LogP contribution < -0.4 is 19.5 Å². The summed E-state index contributed by atoms with van der Waals surface area (Å²) in [6.45, 7) is 0. The van der Waals surface area contributed by atoms with Gasteiger partial charge >= 0.3 is 0 Å². The van der Waals surface area contributed by atoms with Crippen LogP contribution in [-0.2, 0) is 0 Å². The van der Waals surface area contributed by atoms with Gasteiger partial charge < -0.3 is 19.5 Å². The predicted octanol–water partition coefficient (Wildman–Crippen LogP) is 5.95. The predicted molar refractivity (Wildman–Crippen MR) is 112 cm³/mol. The van der Waals surface area contributed by atoms with E-state index in [1.807, 2.05) is 5.38 Å². The van der Waals surface area contributed by atoms with Crippen LogP contribution in [0.4, 0.5) is 15.2 Å². The number of thiazole rings is 1. The van der Waals surface area contributed by atoms with E-state index in [4.69, 9.17) is 25.8 Å². The number of hydrogen-bond donors (Lipinski definition) is 1. The van der Waals surface area contributed by atoms with Crippen molar-refractivity contribution < 1.29 is 18.6 Å². The van der Waals surface area contributed by atoms with Gasteiger partial charge in [-0.15, -0.1) is 28.3 Å². The van der Waals surface area contributed by atoms with Gasteiger partial charge in [0.25, 0.3) is 0 Å². The molecule has 27 heavy (non-hydrogen) atoms. The van der Waals surface area contributed by atoms with Crippen LogP contribution in [0.2, 0.25) is 5.02 Å². The zero-order valence-electron chi connectivity index (χ0n) is 14.7. The zero-order valence-corrected chi connectivity index (χ0v) is 18.0. The first-order valence-corrected chi connectivity index (χ1v) is 8.79. The van der Waals surface area contributed by atoms with Gasteiger partial charge in [0, 0.05) is 23.1 Å². The molecule has 1 heterocycles. The number of nitrogens with zero attached hydrogens (tertiary/aromatic N) is 1. The third-order valence-electron chi connectivity index (χ3n) is 3.67. The van der Waals surface area contributed by atoms with Gasteiger partial charge in [-0.1, -0.05) is 11.6 Å². The number of nitrogens with one attached hydrogen (secondary N) is 1. The molecular formula is C18H17BrClFN2O3S. The number of hydrogen-bond acceptors (Lipinski definition) is 6. The Morgan fingerprint density at radius 3 is 2.33 bits per heavy atom. The van der Waals surface area contributed by atoms with Crippen molar-refractivity contribution in [2.45, 2.75) is 0 Å². The number of ether oxygens (including phenoxy) is 3. The van der Waals surface area contributed by atoms with E-state index < -0.39 is 5.82 Å². The minimum absolute atomic E-state index is 0. The lowest BCUT2D eigenvalue weighted by Crippen LogP contribution is -1.96. The molecule has 5 nitrogen and oxygen atoms in total. The molecule has 1 N–H and O–H groups in total. The maximum absolute atomic E-state index is 13.9. The van der Waals surface area contributed by atoms with Gasteiger partial charge in [-0.2, -0.15) is 0 Å². The van der Waals surface area contributed by atoms with Crippen molar-refractivity contribution in [3.63, 3.8) is 0 Å². The summed E-state index contributed by atoms with van der Waals surface area (Å²) in [7, 11) is 4.52. The lowest BCUT2D eigenvalue weighted by Gasteiger charge is -2.12. The van der Waals surface area contributed by atoms with Gasteiger partial charge in [-0.25, -0.2) is 9.37 Å². The minimum atomic E-state index is -0.434. The quantitative estimate of drug-likeness (QED) is 0.477. The van der Waals surface area contributed by atoms with Crippen molar-refractivity contribution in [2.75, 3.05) is 26.6 Å². The van der Waals surface area contributed by atoms with E-state index in [-0.39, 0.29) is 22.7 Å². The summed E-state index contributed by atoms with van der Waals surface area (Å²) in [4.78, 5) is 4.50. The maximum atomic E-state index is 13.9. The molecule has 0 aliphatic heterocycles. The zero-order chi connectivity index (χ0) is 18.7. The molecule has 3 aromatic rings. The fourth-order valence-electron chi connectivity index (χ4n) is 2.36. The lowest BCUT2D eigenvalue weighted by atomic mass is 10.1. The molecular weight excluding hydrogens is 459 g/mol. The fourth-order valence-corrected chi connectivity index (χ4v) is 3.33. The van der Waals surface area contributed by atoms with Crippen LogP contribution in [0.1, 0.15) is 0 Å². The number of aromatic nitrogens is 1. The Hall–Kier alpha value is -2.03. The number of rotatable bonds is 6. The van der Waals surface area contributed by atoms with Crippen LogP contribution in [0.3, 0.4) is 0 Å². The van der Waals surface area contributed by atoms with Gasteiger partial charge in [0.1, 0.15) is 11.5 Å². The molecule has 0 saturated carbocycles. The minimum Gasteiger partial charge on any atom is -0.495 e. The molecule has 0 spiro atoms. The second-order valence-electron chi connectivity index (χ2n) is 5.20. The Kier molecular flexibility index (Phi) is 7.29. The smallest absolute Gasteiger partial charge is 0.187 e. The molecule has 0 fully saturated rings. The van der Waals surface area contributed by atoms with Gasteiger partial charge in [0.15, 0.2) is 16.7 Å². The summed E-state index contributed by atoms with van der Waals surface area (Å²) in [6, 6.07) is 8.12. The first-order chi connectivity index (χ1) is 12.5. The van der Waals surface area contributed by atoms with Gasteiger partial charge in [0.2, 0.25) is 0 Å². The highest BCUT2D eigenvalue weighted by atomic mass is 79.9. The van der Waals surface area contributed by atoms with Crippen LogP contribution in [0.5, 0.6) is 17.2 Å². The molecule has 0 aliphatic rings. The summed E-state index contributed by atoms with van der Waals surface area (Å²) in [5.74, 6) is 0.837. The summed E-state index contributed by atoms with van der Waals surface area (Å²) >= 11 is 7.50. The van der Waals surface area contributed by atoms with E-state index >= 15 is 0 Å². The molecule has 3 rings (SSSR count). The van der Waals surface area contributed by atoms with E-state index in [0.717, 1.165) is 0 Å². The van der Waals surface area contributed by atoms with E-state index in [2.05, 4.69) is 10.3 Å². The normalized spacial score (nSPS) is 10.1. The Bertz CT molecular complexity index is 939. The first kappa shape index (κ1) is 21.3. The average molecular weight is 476 g/mol. The summed E-state index contributed by atoms with van der Waals surface area (Å²) in [5, 5.41) is 6.09. The number of anilines is 2. The van der Waals surface area contributed by atoms with Crippen LogP contribution in [0.15, 0.2) is 35.7 Å². The molecule has 0 bridgehead atoms. The fraction of sp³-hybridized carbons (Fsp3) is 0.167. The molecule has 144 valence electrons. The van der Waals surface area contributed by atoms with E-state index in [1.54, 1.807) is 31.4 Å². The topological polar surface area (TPSA) is 52.6 Å². The maximum Gasteiger partial charge on any atom is 0.187 e. The van der Waals surface area contributed by atoms with Crippen molar-refractivity contribution in [3.05, 3.63) is 46.6 Å². The average Bonchev–Trinajstić information content (AvgIpc) is 3.11. The summed E-state index contributed by atoms with van der Waals surface area (Å²) in [5.41, 5.74) is 1.97. The highest BCUT2D eigenvalue weighted by Crippen LogP contribution is 2.38. The largest absolute Gasteiger partial charge is 0.495 e. The number of methoxy groups -OCH3 is 3. The first-order valence-electron chi connectivity index (χ1n) is 7.53. The van der Waals surface area contributed by atoms with Crippen LogP contribution in [0.25, 0.3) is 11.3 Å². The van der Waals surface area contributed by atoms with E-state index in [1.165, 1.54) is 31.6 Å². The third kappa shape index (κ3) is 4.63. The Morgan fingerprint density at radius 2 is 1.70 bits per heavy atom. The van der Waals surface area contributed by atoms with Crippen LogP contribution in [0, 0.1) is 5.82 Å². The highest BCUT2D eigenvalue weighted by Gasteiger charge is 2.13. The van der Waals surface area contributed by atoms with E-state index in [0.29, 0.717) is 38.6 Å². The van der Waals surface area contributed by atoms with Crippen molar-refractivity contribution in [2.24, 2.45) is 0 Å². The molecule has 0 radical (unpaired) electrons. The Labute approximate surface area is 175 Å². The molecule has 0 aliphatic carbocycles.